The van der Waals surface area contributed by atoms with E-state index in [1.54, 1.807) is 0 Å². The van der Waals surface area contributed by atoms with E-state index in [2.05, 4.69) is 32.7 Å². The van der Waals surface area contributed by atoms with Gasteiger partial charge in [0, 0.05) is 44.5 Å². The number of piperazine rings is 1. The van der Waals surface area contributed by atoms with Crippen molar-refractivity contribution in [3.05, 3.63) is 59.8 Å². The van der Waals surface area contributed by atoms with E-state index in [0.717, 1.165) is 73.3 Å². The molecule has 1 fully saturated rings. The van der Waals surface area contributed by atoms with Crippen LogP contribution in [0.15, 0.2) is 48.7 Å². The monoisotopic (exact) mass is 423 g/mol. The Bertz CT molecular complexity index is 1030. The van der Waals surface area contributed by atoms with E-state index in [4.69, 9.17) is 16.7 Å². The van der Waals surface area contributed by atoms with Crippen LogP contribution in [-0.2, 0) is 6.54 Å². The first-order chi connectivity index (χ1) is 14.7. The van der Waals surface area contributed by atoms with Crippen LogP contribution in [0.2, 0.25) is 0 Å². The number of rotatable bonds is 5. The number of likely N-dealkylation sites (N-methyl/N-ethyl adjacent to an activating group) is 1. The maximum absolute atomic E-state index is 6.94. The van der Waals surface area contributed by atoms with E-state index in [9.17, 15) is 0 Å². The van der Waals surface area contributed by atoms with Gasteiger partial charge >= 0.3 is 0 Å². The lowest BCUT2D eigenvalue weighted by atomic mass is 10.1. The number of hydrogen-bond donors (Lipinski definition) is 3. The van der Waals surface area contributed by atoms with Crippen LogP contribution in [0.5, 0.6) is 0 Å². The van der Waals surface area contributed by atoms with Crippen LogP contribution >= 0.6 is 11.6 Å². The summed E-state index contributed by atoms with van der Waals surface area (Å²) in [4.78, 5) is 8.14. The predicted octanol–water partition coefficient (Wildman–Crippen LogP) is 3.12. The van der Waals surface area contributed by atoms with Gasteiger partial charge < -0.3 is 9.88 Å². The molecule has 2 aliphatic heterocycles. The number of hydrogen-bond acceptors (Lipinski definition) is 5. The molecule has 0 bridgehead atoms. The zero-order chi connectivity index (χ0) is 20.5. The Labute approximate surface area is 181 Å². The summed E-state index contributed by atoms with van der Waals surface area (Å²) in [5.41, 5.74) is 11.3. The van der Waals surface area contributed by atoms with Crippen LogP contribution in [0.4, 0.5) is 5.82 Å². The number of halogens is 1. The summed E-state index contributed by atoms with van der Waals surface area (Å²) in [7, 11) is 2.18. The SMILES string of the molecule is CN1CCN(CCn2nc(-c3ccc[nH]3)c3c2NNC(c2ccccc2)=C3Cl)CC1. The molecule has 2 aromatic heterocycles. The van der Waals surface area contributed by atoms with Crippen LogP contribution in [0.3, 0.4) is 0 Å². The molecule has 0 radical (unpaired) electrons. The van der Waals surface area contributed by atoms with Crippen molar-refractivity contribution in [3.8, 4) is 11.4 Å². The standard InChI is InChI=1S/C22H26ClN7/c1-28-10-12-29(13-11-28)14-15-30-22-18(21(27-30)17-8-5-9-24-17)19(23)20(25-26-22)16-6-3-2-4-7-16/h2-9,24-26H,10-15H2,1H3. The molecule has 4 heterocycles. The number of hydrazine groups is 1. The Balaban J connectivity index is 1.49. The van der Waals surface area contributed by atoms with Gasteiger partial charge in [0.1, 0.15) is 5.69 Å². The summed E-state index contributed by atoms with van der Waals surface area (Å²) in [6.07, 6.45) is 1.91. The highest BCUT2D eigenvalue weighted by Crippen LogP contribution is 2.41. The lowest BCUT2D eigenvalue weighted by Crippen LogP contribution is -2.45. The summed E-state index contributed by atoms with van der Waals surface area (Å²) in [6.45, 7) is 6.16. The zero-order valence-electron chi connectivity index (χ0n) is 17.0. The Hall–Kier alpha value is -2.74. The van der Waals surface area contributed by atoms with E-state index in [0.29, 0.717) is 5.03 Å². The normalized spacial score (nSPS) is 17.5. The van der Waals surface area contributed by atoms with Gasteiger partial charge in [-0.05, 0) is 19.2 Å². The second-order valence-corrected chi connectivity index (χ2v) is 8.21. The smallest absolute Gasteiger partial charge is 0.152 e. The average molecular weight is 424 g/mol. The van der Waals surface area contributed by atoms with Crippen LogP contribution < -0.4 is 10.9 Å². The quantitative estimate of drug-likeness (QED) is 0.588. The molecular weight excluding hydrogens is 398 g/mol. The fraction of sp³-hybridized carbons (Fsp3) is 0.318. The van der Waals surface area contributed by atoms with Crippen molar-refractivity contribution in [2.45, 2.75) is 6.54 Å². The fourth-order valence-corrected chi connectivity index (χ4v) is 4.37. The summed E-state index contributed by atoms with van der Waals surface area (Å²) in [5.74, 6) is 0.901. The van der Waals surface area contributed by atoms with Crippen molar-refractivity contribution >= 4 is 28.1 Å². The Kier molecular flexibility index (Phi) is 5.25. The topological polar surface area (TPSA) is 64.2 Å². The molecule has 7 nitrogen and oxygen atoms in total. The molecule has 0 spiro atoms. The van der Waals surface area contributed by atoms with Gasteiger partial charge in [-0.2, -0.15) is 5.10 Å². The third-order valence-electron chi connectivity index (χ3n) is 5.84. The van der Waals surface area contributed by atoms with E-state index >= 15 is 0 Å². The summed E-state index contributed by atoms with van der Waals surface area (Å²) >= 11 is 6.94. The Morgan fingerprint density at radius 2 is 1.77 bits per heavy atom. The number of aromatic amines is 1. The van der Waals surface area contributed by atoms with Crippen molar-refractivity contribution in [3.63, 3.8) is 0 Å². The average Bonchev–Trinajstić information content (AvgIpc) is 3.43. The molecular formula is C22H26ClN7. The second kappa shape index (κ2) is 8.18. The molecule has 0 unspecified atom stereocenters. The number of benzene rings is 1. The first-order valence-corrected chi connectivity index (χ1v) is 10.7. The molecule has 0 amide bonds. The molecule has 30 heavy (non-hydrogen) atoms. The maximum atomic E-state index is 6.94. The van der Waals surface area contributed by atoms with Gasteiger partial charge in [0.15, 0.2) is 5.82 Å². The van der Waals surface area contributed by atoms with Crippen LogP contribution in [0.25, 0.3) is 22.1 Å². The summed E-state index contributed by atoms with van der Waals surface area (Å²) in [6, 6.07) is 14.1. The van der Waals surface area contributed by atoms with E-state index in [1.165, 1.54) is 0 Å². The van der Waals surface area contributed by atoms with Crippen molar-refractivity contribution in [1.29, 1.82) is 0 Å². The minimum absolute atomic E-state index is 0.672. The summed E-state index contributed by atoms with van der Waals surface area (Å²) < 4.78 is 2.03. The fourth-order valence-electron chi connectivity index (χ4n) is 4.04. The van der Waals surface area contributed by atoms with Crippen molar-refractivity contribution in [2.24, 2.45) is 0 Å². The molecule has 156 valence electrons. The summed E-state index contributed by atoms with van der Waals surface area (Å²) in [5, 5.41) is 5.61. The molecule has 3 N–H and O–H groups in total. The molecule has 5 rings (SSSR count). The molecule has 1 aromatic carbocycles. The first kappa shape index (κ1) is 19.2. The number of H-pyrrole nitrogens is 1. The lowest BCUT2D eigenvalue weighted by molar-refractivity contribution is 0.149. The van der Waals surface area contributed by atoms with Gasteiger partial charge in [-0.3, -0.25) is 15.8 Å². The van der Waals surface area contributed by atoms with E-state index < -0.39 is 0 Å². The zero-order valence-corrected chi connectivity index (χ0v) is 17.8. The van der Waals surface area contributed by atoms with Gasteiger partial charge in [-0.25, -0.2) is 4.68 Å². The van der Waals surface area contributed by atoms with Gasteiger partial charge in [0.25, 0.3) is 0 Å². The van der Waals surface area contributed by atoms with E-state index in [-0.39, 0.29) is 0 Å². The van der Waals surface area contributed by atoms with Gasteiger partial charge in [0.05, 0.1) is 28.5 Å². The number of anilines is 1. The molecule has 2 aliphatic rings. The number of fused-ring (bicyclic) bond motifs is 1. The molecule has 0 atom stereocenters. The lowest BCUT2D eigenvalue weighted by Gasteiger charge is -2.32. The highest BCUT2D eigenvalue weighted by molar-refractivity contribution is 6.53. The van der Waals surface area contributed by atoms with Gasteiger partial charge in [-0.15, -0.1) is 0 Å². The number of nitrogens with one attached hydrogen (secondary N) is 3. The van der Waals surface area contributed by atoms with Crippen LogP contribution in [-0.4, -0.2) is 64.3 Å². The van der Waals surface area contributed by atoms with Crippen LogP contribution in [0, 0.1) is 0 Å². The molecule has 0 saturated carbocycles. The molecule has 8 heteroatoms. The Morgan fingerprint density at radius 1 is 0.967 bits per heavy atom. The predicted molar refractivity (Wildman–Crippen MR) is 122 cm³/mol. The third kappa shape index (κ3) is 3.60. The number of aromatic nitrogens is 3. The minimum atomic E-state index is 0.672. The highest BCUT2D eigenvalue weighted by Gasteiger charge is 2.28. The minimum Gasteiger partial charge on any atom is -0.360 e. The first-order valence-electron chi connectivity index (χ1n) is 10.3. The van der Waals surface area contributed by atoms with Crippen molar-refractivity contribution in [2.75, 3.05) is 45.2 Å². The van der Waals surface area contributed by atoms with Crippen molar-refractivity contribution < 1.29 is 0 Å². The van der Waals surface area contributed by atoms with Crippen LogP contribution in [0.1, 0.15) is 11.1 Å². The third-order valence-corrected chi connectivity index (χ3v) is 6.21. The Morgan fingerprint density at radius 3 is 2.50 bits per heavy atom. The van der Waals surface area contributed by atoms with Gasteiger partial charge in [-0.1, -0.05) is 41.9 Å². The largest absolute Gasteiger partial charge is 0.360 e. The number of nitrogens with zero attached hydrogens (tertiary/aromatic N) is 4. The maximum Gasteiger partial charge on any atom is 0.152 e. The van der Waals surface area contributed by atoms with E-state index in [1.807, 2.05) is 53.3 Å². The van der Waals surface area contributed by atoms with Gasteiger partial charge in [0.2, 0.25) is 0 Å². The second-order valence-electron chi connectivity index (χ2n) is 7.83. The van der Waals surface area contributed by atoms with Crippen molar-refractivity contribution in [1.82, 2.24) is 30.0 Å². The molecule has 3 aromatic rings. The molecule has 1 saturated heterocycles. The molecule has 0 aliphatic carbocycles. The highest BCUT2D eigenvalue weighted by atomic mass is 35.5.